The summed E-state index contributed by atoms with van der Waals surface area (Å²) in [5.41, 5.74) is 7.06. The van der Waals surface area contributed by atoms with Crippen molar-refractivity contribution in [2.45, 2.75) is 45.7 Å². The van der Waals surface area contributed by atoms with Crippen LogP contribution in [0.4, 0.5) is 0 Å². The summed E-state index contributed by atoms with van der Waals surface area (Å²) in [6.45, 7) is 8.55. The van der Waals surface area contributed by atoms with Crippen LogP contribution in [0.5, 0.6) is 0 Å². The molecular weight excluding hydrogens is 162 g/mol. The van der Waals surface area contributed by atoms with Gasteiger partial charge in [-0.25, -0.2) is 4.98 Å². The molecular formula is C10H19N3. The third-order valence-electron chi connectivity index (χ3n) is 2.65. The fourth-order valence-electron chi connectivity index (χ4n) is 1.32. The van der Waals surface area contributed by atoms with Crippen LogP contribution in [-0.2, 0) is 5.54 Å². The van der Waals surface area contributed by atoms with Crippen LogP contribution >= 0.6 is 0 Å². The summed E-state index contributed by atoms with van der Waals surface area (Å²) >= 11 is 0. The molecule has 1 aromatic heterocycles. The minimum Gasteiger partial charge on any atom is -0.328 e. The Bertz CT molecular complexity index is 273. The smallest absolute Gasteiger partial charge is 0.0953 e. The average molecular weight is 181 g/mol. The lowest BCUT2D eigenvalue weighted by Crippen LogP contribution is -2.28. The summed E-state index contributed by atoms with van der Waals surface area (Å²) in [5.74, 6) is 0. The van der Waals surface area contributed by atoms with Gasteiger partial charge in [-0.1, -0.05) is 6.92 Å². The number of rotatable bonds is 3. The van der Waals surface area contributed by atoms with Gasteiger partial charge in [0.1, 0.15) is 0 Å². The number of imidazole rings is 1. The number of nitrogens with zero attached hydrogens (tertiary/aromatic N) is 2. The molecule has 0 spiro atoms. The molecule has 0 aliphatic rings. The fourth-order valence-corrected chi connectivity index (χ4v) is 1.32. The first-order chi connectivity index (χ1) is 5.99. The molecule has 1 aromatic rings. The van der Waals surface area contributed by atoms with E-state index >= 15 is 0 Å². The van der Waals surface area contributed by atoms with Gasteiger partial charge in [0.25, 0.3) is 0 Å². The molecule has 0 aliphatic carbocycles. The van der Waals surface area contributed by atoms with Crippen molar-refractivity contribution < 1.29 is 0 Å². The molecule has 0 amide bonds. The predicted octanol–water partition coefficient (Wildman–Crippen LogP) is 2.05. The van der Waals surface area contributed by atoms with Crippen molar-refractivity contribution in [3.8, 4) is 0 Å². The molecule has 13 heavy (non-hydrogen) atoms. The van der Waals surface area contributed by atoms with Crippen molar-refractivity contribution in [1.82, 2.24) is 9.55 Å². The number of hydrogen-bond acceptors (Lipinski definition) is 2. The molecule has 2 N–H and O–H groups in total. The van der Waals surface area contributed by atoms with E-state index in [4.69, 9.17) is 5.73 Å². The largest absolute Gasteiger partial charge is 0.328 e. The minimum atomic E-state index is 0.0494. The van der Waals surface area contributed by atoms with Gasteiger partial charge in [-0.05, 0) is 27.2 Å². The lowest BCUT2D eigenvalue weighted by Gasteiger charge is -2.28. The maximum Gasteiger partial charge on any atom is 0.0953 e. The predicted molar refractivity (Wildman–Crippen MR) is 54.4 cm³/mol. The van der Waals surface area contributed by atoms with Crippen LogP contribution in [0.1, 0.15) is 45.9 Å². The third kappa shape index (κ3) is 1.91. The van der Waals surface area contributed by atoms with Crippen LogP contribution in [0.3, 0.4) is 0 Å². The lowest BCUT2D eigenvalue weighted by molar-refractivity contribution is 0.328. The Morgan fingerprint density at radius 2 is 2.23 bits per heavy atom. The van der Waals surface area contributed by atoms with Crippen molar-refractivity contribution in [2.75, 3.05) is 0 Å². The van der Waals surface area contributed by atoms with Crippen LogP contribution in [0, 0.1) is 0 Å². The molecule has 0 saturated carbocycles. The molecule has 0 aliphatic heterocycles. The quantitative estimate of drug-likeness (QED) is 0.775. The van der Waals surface area contributed by atoms with Crippen LogP contribution in [0.25, 0.3) is 0 Å². The monoisotopic (exact) mass is 181 g/mol. The molecule has 1 atom stereocenters. The van der Waals surface area contributed by atoms with Crippen molar-refractivity contribution in [1.29, 1.82) is 0 Å². The molecule has 0 fully saturated rings. The van der Waals surface area contributed by atoms with E-state index in [1.807, 2.05) is 19.4 Å². The zero-order valence-electron chi connectivity index (χ0n) is 8.91. The second-order valence-corrected chi connectivity index (χ2v) is 4.14. The summed E-state index contributed by atoms with van der Waals surface area (Å²) in [6.07, 6.45) is 4.79. The summed E-state index contributed by atoms with van der Waals surface area (Å²) in [4.78, 5) is 4.14. The highest BCUT2D eigenvalue weighted by molar-refractivity contribution is 5.06. The molecule has 0 bridgehead atoms. The zero-order chi connectivity index (χ0) is 10.1. The topological polar surface area (TPSA) is 43.8 Å². The van der Waals surface area contributed by atoms with E-state index in [0.717, 1.165) is 12.1 Å². The van der Waals surface area contributed by atoms with Gasteiger partial charge in [0.05, 0.1) is 12.0 Å². The lowest BCUT2D eigenvalue weighted by atomic mass is 10.0. The first-order valence-electron chi connectivity index (χ1n) is 4.77. The molecule has 0 aromatic carbocycles. The number of hydrogen-bond donors (Lipinski definition) is 1. The SMILES string of the molecule is CCC(C)(C)n1cncc1C(C)N. The fraction of sp³-hybridized carbons (Fsp3) is 0.700. The normalized spacial score (nSPS) is 14.5. The van der Waals surface area contributed by atoms with Crippen LogP contribution in [-0.4, -0.2) is 9.55 Å². The summed E-state index contributed by atoms with van der Waals surface area (Å²) in [5, 5.41) is 0. The van der Waals surface area contributed by atoms with Gasteiger partial charge in [-0.15, -0.1) is 0 Å². The second-order valence-electron chi connectivity index (χ2n) is 4.14. The van der Waals surface area contributed by atoms with E-state index < -0.39 is 0 Å². The Labute approximate surface area is 80.0 Å². The van der Waals surface area contributed by atoms with Crippen LogP contribution < -0.4 is 5.73 Å². The van der Waals surface area contributed by atoms with Crippen molar-refractivity contribution in [3.63, 3.8) is 0 Å². The van der Waals surface area contributed by atoms with Gasteiger partial charge in [-0.2, -0.15) is 0 Å². The highest BCUT2D eigenvalue weighted by Gasteiger charge is 2.21. The zero-order valence-corrected chi connectivity index (χ0v) is 8.91. The Kier molecular flexibility index (Phi) is 2.76. The van der Waals surface area contributed by atoms with E-state index in [1.165, 1.54) is 0 Å². The molecule has 3 nitrogen and oxygen atoms in total. The molecule has 74 valence electrons. The van der Waals surface area contributed by atoms with E-state index in [2.05, 4.69) is 30.3 Å². The molecule has 0 radical (unpaired) electrons. The molecule has 1 unspecified atom stereocenters. The van der Waals surface area contributed by atoms with Crippen molar-refractivity contribution in [2.24, 2.45) is 5.73 Å². The standard InChI is InChI=1S/C10H19N3/c1-5-10(3,4)13-7-12-6-9(13)8(2)11/h6-8H,5,11H2,1-4H3. The molecule has 1 rings (SSSR count). The Balaban J connectivity index is 3.07. The van der Waals surface area contributed by atoms with Gasteiger partial charge in [0.2, 0.25) is 0 Å². The van der Waals surface area contributed by atoms with Gasteiger partial charge >= 0.3 is 0 Å². The summed E-state index contributed by atoms with van der Waals surface area (Å²) in [7, 11) is 0. The van der Waals surface area contributed by atoms with E-state index in [9.17, 15) is 0 Å². The first kappa shape index (κ1) is 10.3. The first-order valence-corrected chi connectivity index (χ1v) is 4.77. The van der Waals surface area contributed by atoms with Gasteiger partial charge in [0, 0.05) is 17.8 Å². The van der Waals surface area contributed by atoms with Crippen molar-refractivity contribution >= 4 is 0 Å². The molecule has 1 heterocycles. The Morgan fingerprint density at radius 3 is 2.69 bits per heavy atom. The number of nitrogens with two attached hydrogens (primary N) is 1. The molecule has 0 saturated heterocycles. The van der Waals surface area contributed by atoms with E-state index in [1.54, 1.807) is 0 Å². The van der Waals surface area contributed by atoms with Gasteiger partial charge in [0.15, 0.2) is 0 Å². The maximum absolute atomic E-state index is 5.85. The summed E-state index contributed by atoms with van der Waals surface area (Å²) in [6, 6.07) is 0.0494. The van der Waals surface area contributed by atoms with E-state index in [-0.39, 0.29) is 11.6 Å². The van der Waals surface area contributed by atoms with Gasteiger partial charge < -0.3 is 10.3 Å². The van der Waals surface area contributed by atoms with Crippen LogP contribution in [0.2, 0.25) is 0 Å². The second kappa shape index (κ2) is 3.50. The van der Waals surface area contributed by atoms with Crippen LogP contribution in [0.15, 0.2) is 12.5 Å². The Morgan fingerprint density at radius 1 is 1.62 bits per heavy atom. The Hall–Kier alpha value is -0.830. The highest BCUT2D eigenvalue weighted by Crippen LogP contribution is 2.23. The third-order valence-corrected chi connectivity index (χ3v) is 2.65. The minimum absolute atomic E-state index is 0.0494. The highest BCUT2D eigenvalue weighted by atomic mass is 15.1. The maximum atomic E-state index is 5.85. The van der Waals surface area contributed by atoms with Gasteiger partial charge in [-0.3, -0.25) is 0 Å². The average Bonchev–Trinajstić information content (AvgIpc) is 2.52. The molecule has 3 heteroatoms. The number of aromatic nitrogens is 2. The van der Waals surface area contributed by atoms with E-state index in [0.29, 0.717) is 0 Å². The summed E-state index contributed by atoms with van der Waals surface area (Å²) < 4.78 is 2.16. The van der Waals surface area contributed by atoms with Crippen molar-refractivity contribution in [3.05, 3.63) is 18.2 Å².